The molecule has 2 aromatic rings. The Labute approximate surface area is 177 Å². The average Bonchev–Trinajstić information content (AvgIpc) is 3.21. The Morgan fingerprint density at radius 2 is 1.84 bits per heavy atom. The van der Waals surface area contributed by atoms with E-state index in [-0.39, 0.29) is 17.1 Å². The number of fused-ring (bicyclic) bond motifs is 1. The summed E-state index contributed by atoms with van der Waals surface area (Å²) in [7, 11) is 0. The van der Waals surface area contributed by atoms with Crippen molar-refractivity contribution in [2.75, 3.05) is 36.5 Å². The van der Waals surface area contributed by atoms with Crippen molar-refractivity contribution < 1.29 is 19.4 Å². The first-order valence-corrected chi connectivity index (χ1v) is 10.2. The lowest BCUT2D eigenvalue weighted by molar-refractivity contribution is -0.169. The van der Waals surface area contributed by atoms with Gasteiger partial charge in [0.25, 0.3) is 5.56 Å². The number of aromatic amines is 1. The molecular weight excluding hydrogens is 402 g/mol. The quantitative estimate of drug-likeness (QED) is 0.651. The number of hydrogen-bond donors (Lipinski definition) is 3. The Morgan fingerprint density at radius 1 is 1.16 bits per heavy atom. The maximum atomic E-state index is 13.1. The second kappa shape index (κ2) is 7.37. The first-order valence-electron chi connectivity index (χ1n) is 10.2. The van der Waals surface area contributed by atoms with Gasteiger partial charge in [0.2, 0.25) is 11.9 Å². The first-order chi connectivity index (χ1) is 15.0. The van der Waals surface area contributed by atoms with Crippen LogP contribution in [0.15, 0.2) is 29.1 Å². The molecular formula is C21H21N5O5. The fourth-order valence-corrected chi connectivity index (χ4v) is 4.54. The molecule has 5 rings (SSSR count). The molecule has 160 valence electrons. The van der Waals surface area contributed by atoms with Gasteiger partial charge in [0.05, 0.1) is 24.8 Å². The van der Waals surface area contributed by atoms with E-state index < -0.39 is 29.1 Å². The number of anilines is 2. The molecule has 1 amide bonds. The van der Waals surface area contributed by atoms with Crippen molar-refractivity contribution in [3.8, 4) is 11.8 Å². The van der Waals surface area contributed by atoms with E-state index in [1.165, 1.54) is 12.1 Å². The minimum Gasteiger partial charge on any atom is -0.508 e. The Balaban J connectivity index is 1.50. The number of phenols is 1. The summed E-state index contributed by atoms with van der Waals surface area (Å²) in [6.07, 6.45) is 1.29. The Bertz CT molecular complexity index is 1110. The number of rotatable bonds is 2. The first kappa shape index (κ1) is 19.5. The van der Waals surface area contributed by atoms with Crippen LogP contribution >= 0.6 is 0 Å². The third-order valence-electron chi connectivity index (χ3n) is 6.14. The number of nitrogens with one attached hydrogen (secondary N) is 2. The molecule has 10 nitrogen and oxygen atoms in total. The summed E-state index contributed by atoms with van der Waals surface area (Å²) in [5, 5.41) is 21.8. The summed E-state index contributed by atoms with van der Waals surface area (Å²) in [6.45, 7) is 2.33. The van der Waals surface area contributed by atoms with E-state index >= 15 is 0 Å². The minimum atomic E-state index is -1.09. The number of piperidine rings is 1. The third-order valence-corrected chi connectivity index (χ3v) is 6.14. The van der Waals surface area contributed by atoms with Gasteiger partial charge in [0, 0.05) is 31.8 Å². The summed E-state index contributed by atoms with van der Waals surface area (Å²) in [5.41, 5.74) is 0.402. The fourth-order valence-electron chi connectivity index (χ4n) is 4.54. The molecule has 0 radical (unpaired) electrons. The van der Waals surface area contributed by atoms with Crippen LogP contribution in [0.4, 0.5) is 11.8 Å². The van der Waals surface area contributed by atoms with Gasteiger partial charge in [-0.15, -0.1) is 0 Å². The highest BCUT2D eigenvalue weighted by Crippen LogP contribution is 2.39. The van der Waals surface area contributed by atoms with Crippen LogP contribution in [0.25, 0.3) is 0 Å². The van der Waals surface area contributed by atoms with Gasteiger partial charge in [-0.25, -0.2) is 0 Å². The molecule has 3 aliphatic rings. The highest BCUT2D eigenvalue weighted by Gasteiger charge is 2.42. The van der Waals surface area contributed by atoms with E-state index in [9.17, 15) is 20.0 Å². The minimum absolute atomic E-state index is 0.0539. The molecule has 10 heteroatoms. The van der Waals surface area contributed by atoms with Gasteiger partial charge in [-0.3, -0.25) is 14.6 Å². The summed E-state index contributed by atoms with van der Waals surface area (Å²) >= 11 is 0. The Hall–Kier alpha value is -3.42. The fraction of sp³-hybridized carbons (Fsp3) is 0.429. The molecule has 2 unspecified atom stereocenters. The molecule has 31 heavy (non-hydrogen) atoms. The van der Waals surface area contributed by atoms with E-state index in [4.69, 9.17) is 9.47 Å². The highest BCUT2D eigenvalue weighted by molar-refractivity contribution is 5.98. The molecule has 2 atom stereocenters. The normalized spacial score (nSPS) is 24.5. The second-order valence-electron chi connectivity index (χ2n) is 7.91. The molecule has 2 saturated heterocycles. The largest absolute Gasteiger partial charge is 0.508 e. The zero-order valence-corrected chi connectivity index (χ0v) is 16.6. The SMILES string of the molecule is N#CC1C(=O)Nc2nc(N3CCC4(CC3)OCCO4)[nH]c(=O)c2C1c1ccc(O)cc1. The van der Waals surface area contributed by atoms with Gasteiger partial charge in [-0.1, -0.05) is 12.1 Å². The van der Waals surface area contributed by atoms with Gasteiger partial charge < -0.3 is 24.8 Å². The topological polar surface area (TPSA) is 141 Å². The predicted molar refractivity (Wildman–Crippen MR) is 109 cm³/mol. The van der Waals surface area contributed by atoms with Crippen molar-refractivity contribution in [2.45, 2.75) is 24.5 Å². The highest BCUT2D eigenvalue weighted by atomic mass is 16.7. The number of phenolic OH excluding ortho intramolecular Hbond substituents is 1. The lowest BCUT2D eigenvalue weighted by Gasteiger charge is -2.38. The van der Waals surface area contributed by atoms with Gasteiger partial charge in [0.15, 0.2) is 5.79 Å². The number of nitriles is 1. The Morgan fingerprint density at radius 3 is 2.48 bits per heavy atom. The van der Waals surface area contributed by atoms with Crippen LogP contribution in [0.2, 0.25) is 0 Å². The van der Waals surface area contributed by atoms with E-state index in [0.717, 1.165) is 0 Å². The molecule has 3 N–H and O–H groups in total. The van der Waals surface area contributed by atoms with Gasteiger partial charge >= 0.3 is 0 Å². The smallest absolute Gasteiger partial charge is 0.258 e. The van der Waals surface area contributed by atoms with Crippen LogP contribution in [-0.2, 0) is 14.3 Å². The number of carbonyl (C=O) groups is 1. The molecule has 1 aromatic heterocycles. The summed E-state index contributed by atoms with van der Waals surface area (Å²) in [5.74, 6) is -2.37. The predicted octanol–water partition coefficient (Wildman–Crippen LogP) is 1.04. The maximum Gasteiger partial charge on any atom is 0.258 e. The Kier molecular flexibility index (Phi) is 4.64. The zero-order chi connectivity index (χ0) is 21.6. The van der Waals surface area contributed by atoms with Crippen molar-refractivity contribution in [3.63, 3.8) is 0 Å². The molecule has 4 heterocycles. The molecule has 0 bridgehead atoms. The molecule has 3 aliphatic heterocycles. The number of ether oxygens (including phenoxy) is 2. The van der Waals surface area contributed by atoms with Crippen molar-refractivity contribution >= 4 is 17.7 Å². The number of hydrogen-bond acceptors (Lipinski definition) is 8. The van der Waals surface area contributed by atoms with Crippen molar-refractivity contribution in [3.05, 3.63) is 45.7 Å². The van der Waals surface area contributed by atoms with Gasteiger partial charge in [-0.05, 0) is 17.7 Å². The number of amides is 1. The molecule has 0 aliphatic carbocycles. The van der Waals surface area contributed by atoms with Crippen molar-refractivity contribution in [2.24, 2.45) is 5.92 Å². The van der Waals surface area contributed by atoms with Crippen LogP contribution in [0.5, 0.6) is 5.75 Å². The van der Waals surface area contributed by atoms with E-state index in [2.05, 4.69) is 15.3 Å². The van der Waals surface area contributed by atoms with Crippen LogP contribution in [0.3, 0.4) is 0 Å². The molecule has 1 spiro atoms. The van der Waals surface area contributed by atoms with Crippen LogP contribution in [-0.4, -0.2) is 53.1 Å². The van der Waals surface area contributed by atoms with E-state index in [1.807, 2.05) is 11.0 Å². The molecule has 2 fully saturated rings. The zero-order valence-electron chi connectivity index (χ0n) is 16.6. The lowest BCUT2D eigenvalue weighted by atomic mass is 9.79. The third kappa shape index (κ3) is 3.32. The summed E-state index contributed by atoms with van der Waals surface area (Å²) < 4.78 is 11.5. The van der Waals surface area contributed by atoms with Crippen molar-refractivity contribution in [1.29, 1.82) is 5.26 Å². The van der Waals surface area contributed by atoms with E-state index in [1.54, 1.807) is 12.1 Å². The number of benzene rings is 1. The number of carbonyl (C=O) groups excluding carboxylic acids is 1. The number of H-pyrrole nitrogens is 1. The number of aromatic nitrogens is 2. The lowest BCUT2D eigenvalue weighted by Crippen LogP contribution is -2.46. The van der Waals surface area contributed by atoms with Gasteiger partial charge in [-0.2, -0.15) is 10.2 Å². The number of nitrogens with zero attached hydrogens (tertiary/aromatic N) is 3. The standard InChI is InChI=1S/C21H21N5O5/c22-11-14-15(12-1-3-13(27)4-2-12)16-17(23-18(14)28)24-20(25-19(16)29)26-7-5-21(6-8-26)30-9-10-31-21/h1-4,14-15,27H,5-10H2,(H2,23,24,25,28,29). The average molecular weight is 423 g/mol. The summed E-state index contributed by atoms with van der Waals surface area (Å²) in [4.78, 5) is 35.0. The van der Waals surface area contributed by atoms with Crippen LogP contribution in [0.1, 0.15) is 29.9 Å². The maximum absolute atomic E-state index is 13.1. The molecule has 1 aromatic carbocycles. The van der Waals surface area contributed by atoms with E-state index in [0.29, 0.717) is 50.7 Å². The number of aromatic hydroxyl groups is 1. The van der Waals surface area contributed by atoms with Crippen LogP contribution in [0, 0.1) is 17.2 Å². The second-order valence-corrected chi connectivity index (χ2v) is 7.91. The molecule has 0 saturated carbocycles. The van der Waals surface area contributed by atoms with Crippen molar-refractivity contribution in [1.82, 2.24) is 9.97 Å². The monoisotopic (exact) mass is 423 g/mol. The van der Waals surface area contributed by atoms with Crippen LogP contribution < -0.4 is 15.8 Å². The van der Waals surface area contributed by atoms with Gasteiger partial charge in [0.1, 0.15) is 17.5 Å². The summed E-state index contributed by atoms with van der Waals surface area (Å²) in [6, 6.07) is 8.13.